The molecule has 1 aliphatic heterocycles. The molecule has 120 valence electrons. The predicted octanol–water partition coefficient (Wildman–Crippen LogP) is 1.84. The molecule has 6 heteroatoms. The molecule has 0 spiro atoms. The van der Waals surface area contributed by atoms with Gasteiger partial charge in [0, 0.05) is 20.6 Å². The van der Waals surface area contributed by atoms with Gasteiger partial charge in [0.05, 0.1) is 18.7 Å². The maximum atomic E-state index is 11.6. The highest BCUT2D eigenvalue weighted by atomic mass is 16.6. The zero-order valence-corrected chi connectivity index (χ0v) is 13.7. The number of aldehydes is 1. The van der Waals surface area contributed by atoms with Crippen LogP contribution in [0.5, 0.6) is 0 Å². The first-order valence-electron chi connectivity index (χ1n) is 6.78. The predicted molar refractivity (Wildman–Crippen MR) is 77.7 cm³/mol. The van der Waals surface area contributed by atoms with Gasteiger partial charge < -0.3 is 19.4 Å². The quantitative estimate of drug-likeness (QED) is 0.746. The fraction of sp³-hybridized carbons (Fsp3) is 0.857. The molecule has 1 N–H and O–H groups in total. The molecule has 1 saturated heterocycles. The third-order valence-corrected chi connectivity index (χ3v) is 2.11. The van der Waals surface area contributed by atoms with E-state index in [4.69, 9.17) is 4.74 Å². The first kappa shape index (κ1) is 21.2. The molecule has 1 heterocycles. The molecule has 1 aliphatic rings. The number of amides is 1. The Bertz CT molecular complexity index is 275. The van der Waals surface area contributed by atoms with Crippen molar-refractivity contribution in [2.45, 2.75) is 58.8 Å². The molecule has 0 aromatic rings. The monoisotopic (exact) mass is 291 g/mol. The second-order valence-corrected chi connectivity index (χ2v) is 5.13. The maximum absolute atomic E-state index is 11.6. The molecular weight excluding hydrogens is 262 g/mol. The van der Waals surface area contributed by atoms with Gasteiger partial charge in [-0.1, -0.05) is 13.8 Å². The van der Waals surface area contributed by atoms with Crippen LogP contribution in [0.15, 0.2) is 0 Å². The van der Waals surface area contributed by atoms with Gasteiger partial charge in [0.15, 0.2) is 0 Å². The summed E-state index contributed by atoms with van der Waals surface area (Å²) in [6, 6.07) is -0.560. The van der Waals surface area contributed by atoms with Gasteiger partial charge >= 0.3 is 6.09 Å². The fourth-order valence-electron chi connectivity index (χ4n) is 1.50. The maximum Gasteiger partial charge on any atom is 0.410 e. The van der Waals surface area contributed by atoms with Crippen LogP contribution in [0.3, 0.4) is 0 Å². The van der Waals surface area contributed by atoms with E-state index in [1.165, 1.54) is 4.90 Å². The van der Waals surface area contributed by atoms with Crippen molar-refractivity contribution in [3.8, 4) is 0 Å². The van der Waals surface area contributed by atoms with Crippen molar-refractivity contribution in [3.05, 3.63) is 0 Å². The van der Waals surface area contributed by atoms with Gasteiger partial charge in [0.25, 0.3) is 0 Å². The normalized spacial score (nSPS) is 21.1. The highest BCUT2D eigenvalue weighted by molar-refractivity contribution is 5.74. The van der Waals surface area contributed by atoms with Crippen molar-refractivity contribution >= 4 is 12.4 Å². The van der Waals surface area contributed by atoms with Gasteiger partial charge in [0.1, 0.15) is 11.9 Å². The molecule has 0 aromatic carbocycles. The summed E-state index contributed by atoms with van der Waals surface area (Å²) in [5.74, 6) is 0. The summed E-state index contributed by atoms with van der Waals surface area (Å²) >= 11 is 0. The van der Waals surface area contributed by atoms with Crippen molar-refractivity contribution in [3.63, 3.8) is 0 Å². The van der Waals surface area contributed by atoms with E-state index in [0.717, 1.165) is 0 Å². The van der Waals surface area contributed by atoms with Crippen molar-refractivity contribution < 1.29 is 24.2 Å². The molecule has 0 aliphatic carbocycles. The molecule has 1 fully saturated rings. The molecule has 0 saturated carbocycles. The Morgan fingerprint density at radius 1 is 1.30 bits per heavy atom. The number of ether oxygens (including phenoxy) is 2. The highest BCUT2D eigenvalue weighted by Crippen LogP contribution is 2.19. The summed E-state index contributed by atoms with van der Waals surface area (Å²) in [5.41, 5.74) is -0.585. The zero-order valence-electron chi connectivity index (χ0n) is 13.7. The average molecular weight is 291 g/mol. The van der Waals surface area contributed by atoms with Gasteiger partial charge in [-0.2, -0.15) is 0 Å². The van der Waals surface area contributed by atoms with Crippen LogP contribution in [0.2, 0.25) is 0 Å². The number of likely N-dealkylation sites (tertiary alicyclic amines) is 1. The first-order chi connectivity index (χ1) is 9.25. The minimum atomic E-state index is -0.632. The number of aliphatic hydroxyl groups excluding tert-OH is 1. The van der Waals surface area contributed by atoms with Crippen molar-refractivity contribution in [2.75, 3.05) is 20.8 Å². The fourth-order valence-corrected chi connectivity index (χ4v) is 1.50. The third kappa shape index (κ3) is 8.87. The molecule has 0 radical (unpaired) electrons. The van der Waals surface area contributed by atoms with Crippen LogP contribution in [-0.4, -0.2) is 60.9 Å². The first-order valence-corrected chi connectivity index (χ1v) is 6.78. The van der Waals surface area contributed by atoms with Crippen LogP contribution in [0.1, 0.15) is 41.0 Å². The van der Waals surface area contributed by atoms with E-state index in [1.54, 1.807) is 35.0 Å². The number of methoxy groups -OCH3 is 1. The molecule has 6 nitrogen and oxygen atoms in total. The minimum Gasteiger partial charge on any atom is -0.444 e. The van der Waals surface area contributed by atoms with Gasteiger partial charge in [-0.25, -0.2) is 4.79 Å². The number of nitrogens with zero attached hydrogens (tertiary/aromatic N) is 1. The molecule has 2 atom stereocenters. The summed E-state index contributed by atoms with van der Waals surface area (Å²) < 4.78 is 9.37. The molecule has 1 rings (SSSR count). The number of carbonyl (C=O) groups is 2. The lowest BCUT2D eigenvalue weighted by molar-refractivity contribution is -0.111. The van der Waals surface area contributed by atoms with E-state index in [0.29, 0.717) is 12.7 Å². The summed E-state index contributed by atoms with van der Waals surface area (Å²) in [6.07, 6.45) is -0.216. The second-order valence-electron chi connectivity index (χ2n) is 5.13. The smallest absolute Gasteiger partial charge is 0.410 e. The Kier molecular flexibility index (Phi) is 11.2. The lowest BCUT2D eigenvalue weighted by Gasteiger charge is -2.26. The van der Waals surface area contributed by atoms with Crippen molar-refractivity contribution in [1.82, 2.24) is 4.90 Å². The SMILES string of the molecule is CC.CC(C)(C)OC(=O)N1CC(O)CC1C=O.COC. The molecule has 0 bridgehead atoms. The molecule has 0 aromatic heterocycles. The van der Waals surface area contributed by atoms with Crippen LogP contribution in [0.4, 0.5) is 4.79 Å². The van der Waals surface area contributed by atoms with E-state index in [-0.39, 0.29) is 6.54 Å². The van der Waals surface area contributed by atoms with Crippen molar-refractivity contribution in [1.29, 1.82) is 0 Å². The van der Waals surface area contributed by atoms with E-state index >= 15 is 0 Å². The van der Waals surface area contributed by atoms with E-state index in [1.807, 2.05) is 13.8 Å². The second kappa shape index (κ2) is 10.6. The average Bonchev–Trinajstić information content (AvgIpc) is 2.72. The lowest BCUT2D eigenvalue weighted by atomic mass is 10.2. The largest absolute Gasteiger partial charge is 0.444 e. The summed E-state index contributed by atoms with van der Waals surface area (Å²) in [7, 11) is 3.25. The standard InChI is InChI=1S/C10H17NO4.C2H6O.C2H6/c1-10(2,3)15-9(14)11-5-8(13)4-7(11)6-12;1-3-2;1-2/h6-8,13H,4-5H2,1-3H3;1-2H3;1-2H3. The molecule has 2 unspecified atom stereocenters. The summed E-state index contributed by atoms with van der Waals surface area (Å²) in [5, 5.41) is 9.34. The Morgan fingerprint density at radius 2 is 1.75 bits per heavy atom. The summed E-state index contributed by atoms with van der Waals surface area (Å²) in [6.45, 7) is 9.44. The number of β-amino-alcohol motifs (C(OH)–C–C–N with tert-alkyl or cyclic N) is 1. The Morgan fingerprint density at radius 3 is 2.10 bits per heavy atom. The van der Waals surface area contributed by atoms with Gasteiger partial charge in [-0.05, 0) is 20.8 Å². The minimum absolute atomic E-state index is 0.165. The number of carbonyl (C=O) groups excluding carboxylic acids is 2. The number of rotatable bonds is 1. The van der Waals surface area contributed by atoms with Crippen LogP contribution >= 0.6 is 0 Å². The van der Waals surface area contributed by atoms with E-state index < -0.39 is 23.8 Å². The number of hydrogen-bond donors (Lipinski definition) is 1. The van der Waals surface area contributed by atoms with Gasteiger partial charge in [-0.3, -0.25) is 4.90 Å². The Balaban J connectivity index is 0. The van der Waals surface area contributed by atoms with Crippen LogP contribution in [-0.2, 0) is 14.3 Å². The van der Waals surface area contributed by atoms with Gasteiger partial charge in [0.2, 0.25) is 0 Å². The molecule has 20 heavy (non-hydrogen) atoms. The Labute approximate surface area is 122 Å². The van der Waals surface area contributed by atoms with E-state index in [9.17, 15) is 14.7 Å². The third-order valence-electron chi connectivity index (χ3n) is 2.11. The van der Waals surface area contributed by atoms with Gasteiger partial charge in [-0.15, -0.1) is 0 Å². The number of hydrogen-bond acceptors (Lipinski definition) is 5. The Hall–Kier alpha value is -1.14. The van der Waals surface area contributed by atoms with Crippen LogP contribution < -0.4 is 0 Å². The van der Waals surface area contributed by atoms with Crippen LogP contribution in [0, 0.1) is 0 Å². The van der Waals surface area contributed by atoms with Crippen LogP contribution in [0.25, 0.3) is 0 Å². The van der Waals surface area contributed by atoms with E-state index in [2.05, 4.69) is 4.74 Å². The topological polar surface area (TPSA) is 76.1 Å². The number of aliphatic hydroxyl groups is 1. The molecular formula is C14H29NO5. The highest BCUT2D eigenvalue weighted by Gasteiger charge is 2.36. The zero-order chi connectivity index (χ0) is 16.3. The lowest BCUT2D eigenvalue weighted by Crippen LogP contribution is -2.40. The van der Waals surface area contributed by atoms with Crippen molar-refractivity contribution in [2.24, 2.45) is 0 Å². The molecule has 1 amide bonds. The summed E-state index contributed by atoms with van der Waals surface area (Å²) in [4.78, 5) is 23.5.